The standard InChI is InChI=1S/C17H20N2O6S/c20-14-8-12(9-19(14)13-6-7-26(24,25)10-13)16(21)18-15(17(22)23)11-4-2-1-3-5-11/h1-5,12-13,15H,6-10H2,(H,18,21)(H,22,23)/t12?,13?,15-/m1/s1. The molecule has 2 aliphatic heterocycles. The zero-order chi connectivity index (χ0) is 18.9. The van der Waals surface area contributed by atoms with Crippen LogP contribution in [0.1, 0.15) is 24.4 Å². The predicted octanol–water partition coefficient (Wildman–Crippen LogP) is -0.0359. The summed E-state index contributed by atoms with van der Waals surface area (Å²) in [5, 5.41) is 11.9. The van der Waals surface area contributed by atoms with E-state index in [2.05, 4.69) is 5.32 Å². The van der Waals surface area contributed by atoms with E-state index >= 15 is 0 Å². The van der Waals surface area contributed by atoms with Gasteiger partial charge in [0.2, 0.25) is 11.8 Å². The van der Waals surface area contributed by atoms with Crippen LogP contribution in [0.15, 0.2) is 30.3 Å². The van der Waals surface area contributed by atoms with E-state index in [1.54, 1.807) is 30.3 Å². The Kier molecular flexibility index (Phi) is 4.99. The molecule has 1 aromatic rings. The van der Waals surface area contributed by atoms with E-state index in [-0.39, 0.29) is 30.4 Å². The molecule has 8 nitrogen and oxygen atoms in total. The van der Waals surface area contributed by atoms with E-state index in [0.717, 1.165) is 0 Å². The fourth-order valence-electron chi connectivity index (χ4n) is 3.47. The molecular formula is C17H20N2O6S. The lowest BCUT2D eigenvalue weighted by Gasteiger charge is -2.23. The summed E-state index contributed by atoms with van der Waals surface area (Å²) < 4.78 is 23.2. The largest absolute Gasteiger partial charge is 0.479 e. The smallest absolute Gasteiger partial charge is 0.330 e. The summed E-state index contributed by atoms with van der Waals surface area (Å²) in [6.07, 6.45) is 0.341. The summed E-state index contributed by atoms with van der Waals surface area (Å²) in [5.74, 6) is -2.68. The Labute approximate surface area is 151 Å². The molecule has 2 unspecified atom stereocenters. The fourth-order valence-corrected chi connectivity index (χ4v) is 5.21. The lowest BCUT2D eigenvalue weighted by Crippen LogP contribution is -2.40. The summed E-state index contributed by atoms with van der Waals surface area (Å²) in [5.41, 5.74) is 0.441. The lowest BCUT2D eigenvalue weighted by atomic mass is 10.0. The van der Waals surface area contributed by atoms with Gasteiger partial charge in [-0.2, -0.15) is 0 Å². The summed E-state index contributed by atoms with van der Waals surface area (Å²) >= 11 is 0. The van der Waals surface area contributed by atoms with E-state index in [1.807, 2.05) is 0 Å². The van der Waals surface area contributed by atoms with Crippen LogP contribution in [0.2, 0.25) is 0 Å². The molecule has 0 aliphatic carbocycles. The number of carbonyl (C=O) groups is 3. The van der Waals surface area contributed by atoms with Gasteiger partial charge in [0.25, 0.3) is 0 Å². The molecule has 0 aromatic heterocycles. The Hall–Kier alpha value is -2.42. The number of hydrogen-bond acceptors (Lipinski definition) is 5. The van der Waals surface area contributed by atoms with Gasteiger partial charge >= 0.3 is 5.97 Å². The molecular weight excluding hydrogens is 360 g/mol. The van der Waals surface area contributed by atoms with Gasteiger partial charge in [-0.3, -0.25) is 9.59 Å². The van der Waals surface area contributed by atoms with Crippen LogP contribution in [0.25, 0.3) is 0 Å². The molecule has 2 fully saturated rings. The number of benzene rings is 1. The Morgan fingerprint density at radius 2 is 1.92 bits per heavy atom. The van der Waals surface area contributed by atoms with Crippen molar-refractivity contribution in [2.75, 3.05) is 18.1 Å². The van der Waals surface area contributed by atoms with E-state index in [1.165, 1.54) is 4.90 Å². The molecule has 2 amide bonds. The molecule has 2 N–H and O–H groups in total. The minimum atomic E-state index is -3.13. The molecule has 2 heterocycles. The number of sulfone groups is 1. The second-order valence-corrected chi connectivity index (χ2v) is 8.92. The molecule has 3 atom stereocenters. The van der Waals surface area contributed by atoms with Crippen molar-refractivity contribution in [1.29, 1.82) is 0 Å². The van der Waals surface area contributed by atoms with E-state index < -0.39 is 39.7 Å². The molecule has 1 aromatic carbocycles. The zero-order valence-electron chi connectivity index (χ0n) is 14.0. The number of likely N-dealkylation sites (tertiary alicyclic amines) is 1. The van der Waals surface area contributed by atoms with Crippen molar-refractivity contribution in [1.82, 2.24) is 10.2 Å². The first-order valence-electron chi connectivity index (χ1n) is 8.35. The maximum Gasteiger partial charge on any atom is 0.330 e. The highest BCUT2D eigenvalue weighted by atomic mass is 32.2. The van der Waals surface area contributed by atoms with Crippen LogP contribution in [0.4, 0.5) is 0 Å². The number of carboxylic acid groups (broad SMARTS) is 1. The second kappa shape index (κ2) is 7.06. The van der Waals surface area contributed by atoms with Crippen molar-refractivity contribution in [2.45, 2.75) is 24.9 Å². The predicted molar refractivity (Wildman–Crippen MR) is 91.8 cm³/mol. The molecule has 26 heavy (non-hydrogen) atoms. The Morgan fingerprint density at radius 1 is 1.23 bits per heavy atom. The van der Waals surface area contributed by atoms with E-state index in [9.17, 15) is 27.9 Å². The normalized spacial score (nSPS) is 25.8. The minimum absolute atomic E-state index is 0.0382. The summed E-state index contributed by atoms with van der Waals surface area (Å²) in [6.45, 7) is 0.117. The van der Waals surface area contributed by atoms with Gasteiger partial charge in [0.1, 0.15) is 0 Å². The molecule has 2 saturated heterocycles. The van der Waals surface area contributed by atoms with Crippen molar-refractivity contribution < 1.29 is 27.9 Å². The highest BCUT2D eigenvalue weighted by Crippen LogP contribution is 2.27. The zero-order valence-corrected chi connectivity index (χ0v) is 14.8. The monoisotopic (exact) mass is 380 g/mol. The van der Waals surface area contributed by atoms with Crippen LogP contribution in [0.5, 0.6) is 0 Å². The van der Waals surface area contributed by atoms with Crippen LogP contribution in [0, 0.1) is 5.92 Å². The first kappa shape index (κ1) is 18.4. The first-order valence-corrected chi connectivity index (χ1v) is 10.2. The van der Waals surface area contributed by atoms with Gasteiger partial charge < -0.3 is 15.3 Å². The minimum Gasteiger partial charge on any atom is -0.479 e. The SMILES string of the molecule is O=C(N[C@@H](C(=O)O)c1ccccc1)C1CC(=O)N(C2CCS(=O)(=O)C2)C1. The number of amides is 2. The van der Waals surface area contributed by atoms with Crippen molar-refractivity contribution >= 4 is 27.6 Å². The number of carboxylic acids is 1. The summed E-state index contributed by atoms with van der Waals surface area (Å²) in [7, 11) is -3.13. The highest BCUT2D eigenvalue weighted by molar-refractivity contribution is 7.91. The van der Waals surface area contributed by atoms with Gasteiger partial charge in [-0.15, -0.1) is 0 Å². The Bertz CT molecular complexity index is 823. The number of rotatable bonds is 5. The van der Waals surface area contributed by atoms with Gasteiger partial charge in [-0.1, -0.05) is 30.3 Å². The second-order valence-electron chi connectivity index (χ2n) is 6.69. The number of nitrogens with one attached hydrogen (secondary N) is 1. The fraction of sp³-hybridized carbons (Fsp3) is 0.471. The molecule has 0 radical (unpaired) electrons. The third kappa shape index (κ3) is 3.87. The topological polar surface area (TPSA) is 121 Å². The maximum absolute atomic E-state index is 12.5. The van der Waals surface area contributed by atoms with Crippen molar-refractivity contribution in [2.24, 2.45) is 5.92 Å². The number of aliphatic carboxylic acids is 1. The van der Waals surface area contributed by atoms with Gasteiger partial charge in [0.05, 0.1) is 17.4 Å². The Balaban J connectivity index is 1.67. The molecule has 0 bridgehead atoms. The first-order chi connectivity index (χ1) is 12.3. The van der Waals surface area contributed by atoms with Crippen molar-refractivity contribution in [3.63, 3.8) is 0 Å². The van der Waals surface area contributed by atoms with Crippen LogP contribution in [0.3, 0.4) is 0 Å². The average molecular weight is 380 g/mol. The van der Waals surface area contributed by atoms with Crippen LogP contribution in [-0.4, -0.2) is 60.3 Å². The van der Waals surface area contributed by atoms with Crippen molar-refractivity contribution in [3.05, 3.63) is 35.9 Å². The summed E-state index contributed by atoms with van der Waals surface area (Å²) in [6, 6.07) is 6.73. The highest BCUT2D eigenvalue weighted by Gasteiger charge is 2.42. The average Bonchev–Trinajstić information content (AvgIpc) is 3.15. The van der Waals surface area contributed by atoms with Crippen LogP contribution < -0.4 is 5.32 Å². The number of hydrogen-bond donors (Lipinski definition) is 2. The van der Waals surface area contributed by atoms with E-state index in [4.69, 9.17) is 0 Å². The van der Waals surface area contributed by atoms with Crippen LogP contribution in [-0.2, 0) is 24.2 Å². The molecule has 2 aliphatic rings. The Morgan fingerprint density at radius 3 is 2.50 bits per heavy atom. The van der Waals surface area contributed by atoms with Crippen molar-refractivity contribution in [3.8, 4) is 0 Å². The lowest BCUT2D eigenvalue weighted by molar-refractivity contribution is -0.142. The molecule has 0 spiro atoms. The quantitative estimate of drug-likeness (QED) is 0.740. The maximum atomic E-state index is 12.5. The third-order valence-corrected chi connectivity index (χ3v) is 6.60. The third-order valence-electron chi connectivity index (χ3n) is 4.84. The molecule has 3 rings (SSSR count). The summed E-state index contributed by atoms with van der Waals surface area (Å²) in [4.78, 5) is 37.7. The molecule has 0 saturated carbocycles. The van der Waals surface area contributed by atoms with Gasteiger partial charge in [-0.25, -0.2) is 13.2 Å². The van der Waals surface area contributed by atoms with E-state index in [0.29, 0.717) is 12.0 Å². The molecule has 140 valence electrons. The molecule has 9 heteroatoms. The number of carbonyl (C=O) groups excluding carboxylic acids is 2. The van der Waals surface area contributed by atoms with Gasteiger partial charge in [-0.05, 0) is 12.0 Å². The number of nitrogens with zero attached hydrogens (tertiary/aromatic N) is 1. The van der Waals surface area contributed by atoms with Gasteiger partial charge in [0, 0.05) is 19.0 Å². The van der Waals surface area contributed by atoms with Gasteiger partial charge in [0.15, 0.2) is 15.9 Å². The van der Waals surface area contributed by atoms with Crippen LogP contribution >= 0.6 is 0 Å².